The third-order valence-electron chi connectivity index (χ3n) is 2.47. The smallest absolute Gasteiger partial charge is 0.313 e. The summed E-state index contributed by atoms with van der Waals surface area (Å²) in [6, 6.07) is 1.91. The van der Waals surface area contributed by atoms with Crippen LogP contribution in [0, 0.1) is 0 Å². The molecule has 0 fully saturated rings. The zero-order valence-electron chi connectivity index (χ0n) is 8.08. The van der Waals surface area contributed by atoms with Crippen molar-refractivity contribution in [3.63, 3.8) is 0 Å². The van der Waals surface area contributed by atoms with Crippen molar-refractivity contribution < 1.29 is 9.53 Å². The average molecular weight is 211 g/mol. The Kier molecular flexibility index (Phi) is 2.46. The lowest BCUT2D eigenvalue weighted by Gasteiger charge is -2.08. The number of thiophene rings is 1. The molecule has 0 aromatic carbocycles. The molecule has 2 N–H and O–H groups in total. The lowest BCUT2D eigenvalue weighted by Crippen LogP contribution is -2.13. The minimum atomic E-state index is -0.107. The number of nitrogens with two attached hydrogens (primary N) is 1. The summed E-state index contributed by atoms with van der Waals surface area (Å²) in [7, 11) is 0. The second-order valence-corrected chi connectivity index (χ2v) is 4.54. The lowest BCUT2D eigenvalue weighted by molar-refractivity contribution is -0.144. The summed E-state index contributed by atoms with van der Waals surface area (Å²) in [4.78, 5) is 12.8. The highest BCUT2D eigenvalue weighted by molar-refractivity contribution is 7.16. The quantitative estimate of drug-likeness (QED) is 0.760. The number of ether oxygens (including phenoxy) is 1. The molecule has 0 spiro atoms. The van der Waals surface area contributed by atoms with Crippen LogP contribution < -0.4 is 5.73 Å². The highest BCUT2D eigenvalue weighted by atomic mass is 32.1. The van der Waals surface area contributed by atoms with Crippen LogP contribution in [0.5, 0.6) is 0 Å². The maximum Gasteiger partial charge on any atom is 0.313 e. The van der Waals surface area contributed by atoms with Crippen molar-refractivity contribution in [3.8, 4) is 0 Å². The highest BCUT2D eigenvalue weighted by Gasteiger charge is 2.31. The molecule has 0 saturated carbocycles. The fraction of sp³-hybridized carbons (Fsp3) is 0.500. The van der Waals surface area contributed by atoms with Gasteiger partial charge in [0.25, 0.3) is 0 Å². The molecule has 1 atom stereocenters. The van der Waals surface area contributed by atoms with Gasteiger partial charge in [-0.25, -0.2) is 0 Å². The van der Waals surface area contributed by atoms with E-state index in [-0.39, 0.29) is 11.9 Å². The first-order valence-electron chi connectivity index (χ1n) is 4.77. The molecule has 1 heterocycles. The fourth-order valence-electron chi connectivity index (χ4n) is 1.87. The number of anilines is 1. The molecule has 1 aliphatic rings. The summed E-state index contributed by atoms with van der Waals surface area (Å²) in [5.41, 5.74) is 6.78. The van der Waals surface area contributed by atoms with Crippen molar-refractivity contribution in [1.82, 2.24) is 0 Å². The molecule has 76 valence electrons. The van der Waals surface area contributed by atoms with Crippen LogP contribution in [0.25, 0.3) is 0 Å². The molecule has 1 aromatic heterocycles. The summed E-state index contributed by atoms with van der Waals surface area (Å²) in [6.07, 6.45) is 1.83. The molecule has 0 amide bonds. The van der Waals surface area contributed by atoms with Crippen LogP contribution in [0.3, 0.4) is 0 Å². The van der Waals surface area contributed by atoms with Gasteiger partial charge in [0.1, 0.15) is 0 Å². The number of hydrogen-bond acceptors (Lipinski definition) is 4. The van der Waals surface area contributed by atoms with E-state index in [1.807, 2.05) is 13.0 Å². The number of aryl methyl sites for hydroxylation is 1. The number of nitrogen functional groups attached to an aromatic ring is 1. The van der Waals surface area contributed by atoms with E-state index < -0.39 is 0 Å². The fourth-order valence-corrected chi connectivity index (χ4v) is 2.88. The third kappa shape index (κ3) is 1.50. The molecule has 3 nitrogen and oxygen atoms in total. The molecule has 1 aromatic rings. The third-order valence-corrected chi connectivity index (χ3v) is 3.51. The molecule has 4 heteroatoms. The Morgan fingerprint density at radius 2 is 2.57 bits per heavy atom. The second-order valence-electron chi connectivity index (χ2n) is 3.37. The minimum absolute atomic E-state index is 0.0708. The van der Waals surface area contributed by atoms with Crippen LogP contribution in [0.1, 0.15) is 29.7 Å². The Balaban J connectivity index is 2.20. The van der Waals surface area contributed by atoms with E-state index in [9.17, 15) is 4.79 Å². The molecule has 0 bridgehead atoms. The summed E-state index contributed by atoms with van der Waals surface area (Å²) < 4.78 is 5.02. The van der Waals surface area contributed by atoms with Gasteiger partial charge in [-0.1, -0.05) is 0 Å². The summed E-state index contributed by atoms with van der Waals surface area (Å²) in [5, 5.41) is 0.795. The zero-order chi connectivity index (χ0) is 10.1. The van der Waals surface area contributed by atoms with E-state index in [4.69, 9.17) is 10.5 Å². The van der Waals surface area contributed by atoms with Crippen LogP contribution in [-0.2, 0) is 16.0 Å². The summed E-state index contributed by atoms with van der Waals surface area (Å²) >= 11 is 1.59. The van der Waals surface area contributed by atoms with Gasteiger partial charge in [-0.15, -0.1) is 11.3 Å². The number of hydrogen-bond donors (Lipinski definition) is 1. The van der Waals surface area contributed by atoms with Crippen molar-refractivity contribution >= 4 is 22.3 Å². The van der Waals surface area contributed by atoms with Gasteiger partial charge in [-0.2, -0.15) is 0 Å². The highest BCUT2D eigenvalue weighted by Crippen LogP contribution is 2.40. The van der Waals surface area contributed by atoms with Gasteiger partial charge in [-0.3, -0.25) is 4.79 Å². The van der Waals surface area contributed by atoms with Gasteiger partial charge in [0, 0.05) is 4.88 Å². The molecule has 0 unspecified atom stereocenters. The summed E-state index contributed by atoms with van der Waals surface area (Å²) in [6.45, 7) is 2.28. The number of fused-ring (bicyclic) bond motifs is 1. The first-order chi connectivity index (χ1) is 6.72. The van der Waals surface area contributed by atoms with Crippen LogP contribution in [0.15, 0.2) is 6.07 Å². The van der Waals surface area contributed by atoms with Gasteiger partial charge < -0.3 is 10.5 Å². The normalized spacial score (nSPS) is 19.4. The number of carbonyl (C=O) groups excluding carboxylic acids is 1. The minimum Gasteiger partial charge on any atom is -0.466 e. The van der Waals surface area contributed by atoms with Gasteiger partial charge >= 0.3 is 5.97 Å². The maximum atomic E-state index is 11.6. The summed E-state index contributed by atoms with van der Waals surface area (Å²) in [5.74, 6) is -0.178. The number of carbonyl (C=O) groups is 1. The molecule has 1 aliphatic carbocycles. The van der Waals surface area contributed by atoms with E-state index in [0.717, 1.165) is 23.4 Å². The van der Waals surface area contributed by atoms with Crippen molar-refractivity contribution in [2.45, 2.75) is 25.7 Å². The SMILES string of the molecule is CCOC(=O)[C@H]1CCc2sc(N)cc21. The van der Waals surface area contributed by atoms with Gasteiger partial charge in [0.05, 0.1) is 17.5 Å². The topological polar surface area (TPSA) is 52.3 Å². The predicted molar refractivity (Wildman–Crippen MR) is 56.4 cm³/mol. The van der Waals surface area contributed by atoms with Crippen LogP contribution in [-0.4, -0.2) is 12.6 Å². The van der Waals surface area contributed by atoms with E-state index in [2.05, 4.69) is 0 Å². The van der Waals surface area contributed by atoms with Crippen LogP contribution in [0.2, 0.25) is 0 Å². The number of rotatable bonds is 2. The van der Waals surface area contributed by atoms with Crippen LogP contribution in [0.4, 0.5) is 5.00 Å². The van der Waals surface area contributed by atoms with E-state index in [1.54, 1.807) is 11.3 Å². The number of esters is 1. The van der Waals surface area contributed by atoms with E-state index in [0.29, 0.717) is 6.61 Å². The Hall–Kier alpha value is -1.03. The van der Waals surface area contributed by atoms with Crippen LogP contribution >= 0.6 is 11.3 Å². The van der Waals surface area contributed by atoms with E-state index in [1.165, 1.54) is 4.88 Å². The molecule has 14 heavy (non-hydrogen) atoms. The Bertz CT molecular complexity index is 359. The largest absolute Gasteiger partial charge is 0.466 e. The van der Waals surface area contributed by atoms with Crippen molar-refractivity contribution in [3.05, 3.63) is 16.5 Å². The first kappa shape index (κ1) is 9.52. The van der Waals surface area contributed by atoms with Crippen molar-refractivity contribution in [1.29, 1.82) is 0 Å². The Morgan fingerprint density at radius 1 is 1.79 bits per heavy atom. The molecule has 0 radical (unpaired) electrons. The Labute approximate surface area is 86.9 Å². The van der Waals surface area contributed by atoms with Crippen molar-refractivity contribution in [2.75, 3.05) is 12.3 Å². The van der Waals surface area contributed by atoms with Gasteiger partial charge in [0.2, 0.25) is 0 Å². The van der Waals surface area contributed by atoms with Crippen molar-refractivity contribution in [2.24, 2.45) is 0 Å². The molecule has 2 rings (SSSR count). The standard InChI is InChI=1S/C10H13NO2S/c1-2-13-10(12)6-3-4-8-7(6)5-9(11)14-8/h5-6H,2-4,11H2,1H3/t6-/m0/s1. The predicted octanol–water partition coefficient (Wildman–Crippen LogP) is 1.92. The zero-order valence-corrected chi connectivity index (χ0v) is 8.89. The molecule has 0 saturated heterocycles. The van der Waals surface area contributed by atoms with Gasteiger partial charge in [-0.05, 0) is 31.4 Å². The second kappa shape index (κ2) is 3.61. The first-order valence-corrected chi connectivity index (χ1v) is 5.58. The molecular weight excluding hydrogens is 198 g/mol. The van der Waals surface area contributed by atoms with E-state index >= 15 is 0 Å². The average Bonchev–Trinajstić information content (AvgIpc) is 2.62. The lowest BCUT2D eigenvalue weighted by atomic mass is 10.0. The van der Waals surface area contributed by atoms with Gasteiger partial charge in [0.15, 0.2) is 0 Å². The Morgan fingerprint density at radius 3 is 3.29 bits per heavy atom. The molecular formula is C10H13NO2S. The molecule has 0 aliphatic heterocycles. The monoisotopic (exact) mass is 211 g/mol. The maximum absolute atomic E-state index is 11.6.